The summed E-state index contributed by atoms with van der Waals surface area (Å²) in [5.41, 5.74) is 3.13. The average Bonchev–Trinajstić information content (AvgIpc) is 3.01. The van der Waals surface area contributed by atoms with Crippen LogP contribution in [0.2, 0.25) is 10.0 Å². The summed E-state index contributed by atoms with van der Waals surface area (Å²) in [6, 6.07) is 12.3. The van der Waals surface area contributed by atoms with Crippen molar-refractivity contribution in [2.24, 2.45) is 0 Å². The van der Waals surface area contributed by atoms with E-state index in [2.05, 4.69) is 10.4 Å². The number of benzene rings is 2. The molecule has 1 N–H and O–H groups in total. The fourth-order valence-corrected chi connectivity index (χ4v) is 3.05. The van der Waals surface area contributed by atoms with Crippen LogP contribution in [0.25, 0.3) is 0 Å². The summed E-state index contributed by atoms with van der Waals surface area (Å²) in [6.45, 7) is 5.03. The van der Waals surface area contributed by atoms with Crippen molar-refractivity contribution in [2.75, 3.05) is 5.32 Å². The number of amides is 1. The highest BCUT2D eigenvalue weighted by Gasteiger charge is 2.11. The molecule has 5 nitrogen and oxygen atoms in total. The topological polar surface area (TPSA) is 56.2 Å². The number of nitrogens with one attached hydrogen (secondary N) is 1. The first-order chi connectivity index (χ1) is 13.0. The molecule has 3 aromatic rings. The highest BCUT2D eigenvalue weighted by atomic mass is 35.5. The number of rotatable bonds is 6. The van der Waals surface area contributed by atoms with Crippen molar-refractivity contribution in [2.45, 2.75) is 27.0 Å². The Balaban J connectivity index is 1.62. The van der Waals surface area contributed by atoms with E-state index in [0.29, 0.717) is 33.7 Å². The lowest BCUT2D eigenvalue weighted by atomic mass is 10.1. The number of ether oxygens (including phenoxy) is 1. The lowest BCUT2D eigenvalue weighted by Crippen LogP contribution is -2.12. The van der Waals surface area contributed by atoms with Crippen LogP contribution in [0.4, 0.5) is 5.69 Å². The highest BCUT2D eigenvalue weighted by molar-refractivity contribution is 6.35. The molecule has 0 radical (unpaired) electrons. The second-order valence-corrected chi connectivity index (χ2v) is 6.82. The van der Waals surface area contributed by atoms with E-state index in [4.69, 9.17) is 27.9 Å². The predicted molar refractivity (Wildman–Crippen MR) is 108 cm³/mol. The Morgan fingerprint density at radius 3 is 2.56 bits per heavy atom. The van der Waals surface area contributed by atoms with Crippen LogP contribution in [0.5, 0.6) is 5.75 Å². The van der Waals surface area contributed by atoms with Gasteiger partial charge in [0, 0.05) is 17.1 Å². The Morgan fingerprint density at radius 2 is 1.93 bits per heavy atom. The standard InChI is InChI=1S/C20H19Cl2N3O2/c1-3-25-13(2)18(11-23-25)24-20(26)15-6-4-14(5-7-15)12-27-19-9-8-16(21)10-17(19)22/h4-11H,3,12H2,1-2H3,(H,24,26). The van der Waals surface area contributed by atoms with Gasteiger partial charge in [-0.15, -0.1) is 0 Å². The quantitative estimate of drug-likeness (QED) is 0.603. The summed E-state index contributed by atoms with van der Waals surface area (Å²) in [4.78, 5) is 12.4. The van der Waals surface area contributed by atoms with Crippen LogP contribution in [-0.2, 0) is 13.2 Å². The van der Waals surface area contributed by atoms with Gasteiger partial charge < -0.3 is 10.1 Å². The van der Waals surface area contributed by atoms with Gasteiger partial charge in [0.15, 0.2) is 0 Å². The maximum atomic E-state index is 12.4. The van der Waals surface area contributed by atoms with E-state index in [9.17, 15) is 4.79 Å². The largest absolute Gasteiger partial charge is 0.487 e. The van der Waals surface area contributed by atoms with Gasteiger partial charge in [-0.25, -0.2) is 0 Å². The third-order valence-corrected chi connectivity index (χ3v) is 4.69. The lowest BCUT2D eigenvalue weighted by molar-refractivity contribution is 0.102. The van der Waals surface area contributed by atoms with Crippen LogP contribution in [-0.4, -0.2) is 15.7 Å². The van der Waals surface area contributed by atoms with Crippen molar-refractivity contribution in [1.82, 2.24) is 9.78 Å². The second-order valence-electron chi connectivity index (χ2n) is 5.97. The lowest BCUT2D eigenvalue weighted by Gasteiger charge is -2.09. The fraction of sp³-hybridized carbons (Fsp3) is 0.200. The number of nitrogens with zero attached hydrogens (tertiary/aromatic N) is 2. The van der Waals surface area contributed by atoms with Crippen molar-refractivity contribution in [3.05, 3.63) is 75.5 Å². The summed E-state index contributed by atoms with van der Waals surface area (Å²) in [7, 11) is 0. The van der Waals surface area contributed by atoms with Gasteiger partial charge in [0.2, 0.25) is 0 Å². The summed E-state index contributed by atoms with van der Waals surface area (Å²) in [6.07, 6.45) is 1.66. The Labute approximate surface area is 167 Å². The molecule has 1 aromatic heterocycles. The van der Waals surface area contributed by atoms with E-state index < -0.39 is 0 Å². The van der Waals surface area contributed by atoms with E-state index in [0.717, 1.165) is 17.8 Å². The van der Waals surface area contributed by atoms with Gasteiger partial charge in [-0.1, -0.05) is 35.3 Å². The van der Waals surface area contributed by atoms with E-state index in [1.807, 2.05) is 30.7 Å². The molecule has 7 heteroatoms. The number of hydrogen-bond acceptors (Lipinski definition) is 3. The fourth-order valence-electron chi connectivity index (χ4n) is 2.59. The van der Waals surface area contributed by atoms with Gasteiger partial charge in [-0.3, -0.25) is 9.48 Å². The van der Waals surface area contributed by atoms with E-state index in [1.54, 1.807) is 36.5 Å². The first kappa shape index (κ1) is 19.3. The van der Waals surface area contributed by atoms with E-state index in [1.165, 1.54) is 0 Å². The maximum Gasteiger partial charge on any atom is 0.255 e. The monoisotopic (exact) mass is 403 g/mol. The second kappa shape index (κ2) is 8.46. The molecular weight excluding hydrogens is 385 g/mol. The minimum absolute atomic E-state index is 0.179. The van der Waals surface area contributed by atoms with Crippen molar-refractivity contribution in [3.8, 4) is 5.75 Å². The molecule has 0 bridgehead atoms. The number of halogens is 2. The number of aromatic nitrogens is 2. The number of hydrogen-bond donors (Lipinski definition) is 1. The molecule has 0 aliphatic rings. The Kier molecular flexibility index (Phi) is 6.04. The van der Waals surface area contributed by atoms with E-state index >= 15 is 0 Å². The molecule has 0 aliphatic carbocycles. The predicted octanol–water partition coefficient (Wildman–Crippen LogP) is 5.35. The molecule has 0 aliphatic heterocycles. The van der Waals surface area contributed by atoms with E-state index in [-0.39, 0.29) is 5.91 Å². The summed E-state index contributed by atoms with van der Waals surface area (Å²) >= 11 is 12.0. The number of carbonyl (C=O) groups excluding carboxylic acids is 1. The van der Waals surface area contributed by atoms with Crippen molar-refractivity contribution in [3.63, 3.8) is 0 Å². The van der Waals surface area contributed by atoms with Crippen LogP contribution in [0.3, 0.4) is 0 Å². The molecule has 0 saturated heterocycles. The number of carbonyl (C=O) groups is 1. The summed E-state index contributed by atoms with van der Waals surface area (Å²) in [5.74, 6) is 0.383. The van der Waals surface area contributed by atoms with Crippen LogP contribution in [0.15, 0.2) is 48.7 Å². The minimum Gasteiger partial charge on any atom is -0.487 e. The van der Waals surface area contributed by atoms with Gasteiger partial charge in [0.25, 0.3) is 5.91 Å². The molecule has 0 unspecified atom stereocenters. The van der Waals surface area contributed by atoms with Crippen LogP contribution in [0, 0.1) is 6.92 Å². The molecule has 1 heterocycles. The van der Waals surface area contributed by atoms with Crippen molar-refractivity contribution >= 4 is 34.8 Å². The normalized spacial score (nSPS) is 10.7. The smallest absolute Gasteiger partial charge is 0.255 e. The highest BCUT2D eigenvalue weighted by Crippen LogP contribution is 2.28. The zero-order valence-electron chi connectivity index (χ0n) is 15.0. The van der Waals surface area contributed by atoms with Crippen molar-refractivity contribution < 1.29 is 9.53 Å². The molecular formula is C20H19Cl2N3O2. The summed E-state index contributed by atoms with van der Waals surface area (Å²) < 4.78 is 7.53. The molecule has 3 rings (SSSR count). The zero-order chi connectivity index (χ0) is 19.4. The van der Waals surface area contributed by atoms with Crippen LogP contribution < -0.4 is 10.1 Å². The molecule has 1 amide bonds. The van der Waals surface area contributed by atoms with Crippen LogP contribution in [0.1, 0.15) is 28.5 Å². The van der Waals surface area contributed by atoms with Crippen molar-refractivity contribution in [1.29, 1.82) is 0 Å². The van der Waals surface area contributed by atoms with Gasteiger partial charge in [-0.05, 0) is 49.7 Å². The third-order valence-electron chi connectivity index (χ3n) is 4.16. The molecule has 140 valence electrons. The molecule has 0 fully saturated rings. The molecule has 0 spiro atoms. The minimum atomic E-state index is -0.179. The van der Waals surface area contributed by atoms with Gasteiger partial charge in [0.1, 0.15) is 12.4 Å². The average molecular weight is 404 g/mol. The first-order valence-corrected chi connectivity index (χ1v) is 9.24. The number of anilines is 1. The SMILES string of the molecule is CCn1ncc(NC(=O)c2ccc(COc3ccc(Cl)cc3Cl)cc2)c1C. The van der Waals surface area contributed by atoms with Crippen LogP contribution >= 0.6 is 23.2 Å². The number of aryl methyl sites for hydroxylation is 1. The first-order valence-electron chi connectivity index (χ1n) is 8.48. The maximum absolute atomic E-state index is 12.4. The Bertz CT molecular complexity index is 952. The molecule has 0 saturated carbocycles. The molecule has 0 atom stereocenters. The summed E-state index contributed by atoms with van der Waals surface area (Å²) in [5, 5.41) is 8.13. The molecule has 27 heavy (non-hydrogen) atoms. The molecule has 2 aromatic carbocycles. The third kappa shape index (κ3) is 4.62. The Morgan fingerprint density at radius 1 is 1.19 bits per heavy atom. The van der Waals surface area contributed by atoms with Gasteiger partial charge >= 0.3 is 0 Å². The van der Waals surface area contributed by atoms with Gasteiger partial charge in [-0.2, -0.15) is 5.10 Å². The van der Waals surface area contributed by atoms with Gasteiger partial charge in [0.05, 0.1) is 22.6 Å². The zero-order valence-corrected chi connectivity index (χ0v) is 16.5. The Hall–Kier alpha value is -2.50.